The van der Waals surface area contributed by atoms with Crippen molar-refractivity contribution < 1.29 is 8.83 Å². The minimum atomic E-state index is -0.645. The van der Waals surface area contributed by atoms with E-state index in [9.17, 15) is 0 Å². The van der Waals surface area contributed by atoms with Crippen molar-refractivity contribution >= 4 is 18.9 Å². The van der Waals surface area contributed by atoms with Gasteiger partial charge in [0.2, 0.25) is 0 Å². The predicted molar refractivity (Wildman–Crippen MR) is 74.9 cm³/mol. The first-order chi connectivity index (χ1) is 8.74. The summed E-state index contributed by atoms with van der Waals surface area (Å²) in [5, 5.41) is 1.38. The van der Waals surface area contributed by atoms with Crippen LogP contribution in [0.5, 0.6) is 0 Å². The van der Waals surface area contributed by atoms with Crippen LogP contribution in [0, 0.1) is 13.8 Å². The average Bonchev–Trinajstić information content (AvgIpc) is 3.04. The Morgan fingerprint density at radius 3 is 1.94 bits per heavy atom. The van der Waals surface area contributed by atoms with Crippen molar-refractivity contribution in [3.05, 3.63) is 59.3 Å². The quantitative estimate of drug-likeness (QED) is 0.783. The zero-order chi connectivity index (χ0) is 12.5. The Morgan fingerprint density at radius 2 is 1.56 bits per heavy atom. The number of hydrogen-bond donors (Lipinski definition) is 0. The third-order valence-corrected chi connectivity index (χ3v) is 5.20. The second-order valence-electron chi connectivity index (χ2n) is 4.39. The van der Waals surface area contributed by atoms with Gasteiger partial charge in [-0.25, -0.2) is 0 Å². The molecule has 0 bridgehead atoms. The van der Waals surface area contributed by atoms with Crippen molar-refractivity contribution in [3.8, 4) is 0 Å². The Bertz CT molecular complexity index is 576. The first-order valence-electron chi connectivity index (χ1n) is 6.03. The summed E-state index contributed by atoms with van der Waals surface area (Å²) in [6.45, 7) is 3.96. The van der Waals surface area contributed by atoms with Gasteiger partial charge in [-0.15, -0.1) is 0 Å². The molecule has 3 heteroatoms. The van der Waals surface area contributed by atoms with Crippen LogP contribution < -0.4 is 11.0 Å². The van der Waals surface area contributed by atoms with Gasteiger partial charge >= 0.3 is 0 Å². The SMILES string of the molecule is Cc1ccc(P(C2=CC=CC2)c2ccc(C)o2)o1. The van der Waals surface area contributed by atoms with Crippen molar-refractivity contribution in [3.63, 3.8) is 0 Å². The van der Waals surface area contributed by atoms with Crippen LogP contribution >= 0.6 is 7.92 Å². The molecule has 1 aliphatic carbocycles. The van der Waals surface area contributed by atoms with E-state index in [0.717, 1.165) is 28.9 Å². The third kappa shape index (κ3) is 2.09. The second-order valence-corrected chi connectivity index (χ2v) is 6.52. The van der Waals surface area contributed by atoms with Crippen LogP contribution in [0.15, 0.2) is 56.6 Å². The molecule has 2 aromatic rings. The average molecular weight is 258 g/mol. The van der Waals surface area contributed by atoms with Crippen LogP contribution in [0.2, 0.25) is 0 Å². The van der Waals surface area contributed by atoms with Crippen LogP contribution in [0.3, 0.4) is 0 Å². The highest BCUT2D eigenvalue weighted by Crippen LogP contribution is 2.46. The van der Waals surface area contributed by atoms with E-state index in [2.05, 4.69) is 30.4 Å². The standard InChI is InChI=1S/C15H15O2P/c1-11-7-9-14(16-11)18(13-5-3-4-6-13)15-10-8-12(2)17-15/h3-5,7-10H,6H2,1-2H3. The molecule has 0 aliphatic heterocycles. The molecule has 0 radical (unpaired) electrons. The first-order valence-corrected chi connectivity index (χ1v) is 7.37. The molecule has 2 aromatic heterocycles. The van der Waals surface area contributed by atoms with Gasteiger partial charge in [0.25, 0.3) is 0 Å². The predicted octanol–water partition coefficient (Wildman–Crippen LogP) is 3.77. The molecule has 0 fully saturated rings. The van der Waals surface area contributed by atoms with E-state index >= 15 is 0 Å². The van der Waals surface area contributed by atoms with Gasteiger partial charge in [-0.05, 0) is 49.8 Å². The number of allylic oxidation sites excluding steroid dienone is 4. The van der Waals surface area contributed by atoms with Crippen LogP contribution in [0.4, 0.5) is 0 Å². The maximum atomic E-state index is 5.82. The van der Waals surface area contributed by atoms with E-state index < -0.39 is 7.92 Å². The molecule has 0 saturated carbocycles. The Hall–Kier alpha value is -1.53. The second kappa shape index (κ2) is 4.62. The van der Waals surface area contributed by atoms with Crippen molar-refractivity contribution in [2.75, 3.05) is 0 Å². The van der Waals surface area contributed by atoms with E-state index in [0.29, 0.717) is 0 Å². The van der Waals surface area contributed by atoms with E-state index in [1.54, 1.807) is 0 Å². The minimum absolute atomic E-state index is 0.645. The van der Waals surface area contributed by atoms with Gasteiger partial charge in [-0.3, -0.25) is 0 Å². The summed E-state index contributed by atoms with van der Waals surface area (Å²) in [6, 6.07) is 8.17. The first kappa shape index (κ1) is 11.6. The van der Waals surface area contributed by atoms with Crippen molar-refractivity contribution in [2.24, 2.45) is 0 Å². The summed E-state index contributed by atoms with van der Waals surface area (Å²) in [4.78, 5) is 0. The van der Waals surface area contributed by atoms with E-state index in [1.807, 2.05) is 26.0 Å². The highest BCUT2D eigenvalue weighted by atomic mass is 31.1. The fraction of sp³-hybridized carbons (Fsp3) is 0.200. The Morgan fingerprint density at radius 1 is 0.944 bits per heavy atom. The Kier molecular flexibility index (Phi) is 2.97. The Labute approximate surface area is 108 Å². The van der Waals surface area contributed by atoms with Crippen molar-refractivity contribution in [1.82, 2.24) is 0 Å². The summed E-state index contributed by atoms with van der Waals surface area (Å²) in [5.74, 6) is 1.90. The van der Waals surface area contributed by atoms with E-state index in [-0.39, 0.29) is 0 Å². The normalized spacial score (nSPS) is 14.5. The molecule has 18 heavy (non-hydrogen) atoms. The molecule has 0 saturated heterocycles. The molecule has 1 aliphatic rings. The third-order valence-electron chi connectivity index (χ3n) is 2.93. The number of rotatable bonds is 3. The van der Waals surface area contributed by atoms with Gasteiger partial charge in [0, 0.05) is 0 Å². The zero-order valence-electron chi connectivity index (χ0n) is 10.5. The molecule has 3 rings (SSSR count). The molecule has 0 spiro atoms. The molecule has 0 aromatic carbocycles. The number of aryl methyl sites for hydroxylation is 2. The van der Waals surface area contributed by atoms with Gasteiger partial charge in [0.05, 0.1) is 7.92 Å². The maximum absolute atomic E-state index is 5.82. The van der Waals surface area contributed by atoms with Gasteiger partial charge in [-0.2, -0.15) is 0 Å². The molecule has 92 valence electrons. The minimum Gasteiger partial charge on any atom is -0.461 e. The van der Waals surface area contributed by atoms with Crippen molar-refractivity contribution in [2.45, 2.75) is 20.3 Å². The topological polar surface area (TPSA) is 26.3 Å². The lowest BCUT2D eigenvalue weighted by Gasteiger charge is -2.13. The molecule has 0 N–H and O–H groups in total. The molecule has 0 atom stereocenters. The van der Waals surface area contributed by atoms with Gasteiger partial charge in [0.1, 0.15) is 22.5 Å². The van der Waals surface area contributed by atoms with E-state index in [4.69, 9.17) is 8.83 Å². The molecule has 0 unspecified atom stereocenters. The van der Waals surface area contributed by atoms with Crippen LogP contribution in [0.1, 0.15) is 17.9 Å². The van der Waals surface area contributed by atoms with Gasteiger partial charge in [-0.1, -0.05) is 18.2 Å². The fourth-order valence-corrected chi connectivity index (χ4v) is 4.30. The lowest BCUT2D eigenvalue weighted by atomic mass is 10.5. The Balaban J connectivity index is 2.03. The van der Waals surface area contributed by atoms with Crippen LogP contribution in [-0.4, -0.2) is 0 Å². The van der Waals surface area contributed by atoms with Crippen LogP contribution in [-0.2, 0) is 0 Å². The lowest BCUT2D eigenvalue weighted by molar-refractivity contribution is 0.558. The monoisotopic (exact) mass is 258 g/mol. The summed E-state index contributed by atoms with van der Waals surface area (Å²) >= 11 is 0. The van der Waals surface area contributed by atoms with Crippen molar-refractivity contribution in [1.29, 1.82) is 0 Å². The molecule has 0 amide bonds. The van der Waals surface area contributed by atoms with Crippen LogP contribution in [0.25, 0.3) is 0 Å². The lowest BCUT2D eigenvalue weighted by Crippen LogP contribution is -2.09. The molecular weight excluding hydrogens is 243 g/mol. The summed E-state index contributed by atoms with van der Waals surface area (Å²) < 4.78 is 11.6. The smallest absolute Gasteiger partial charge is 0.137 e. The number of furan rings is 2. The summed E-state index contributed by atoms with van der Waals surface area (Å²) in [5.41, 5.74) is 2.04. The maximum Gasteiger partial charge on any atom is 0.137 e. The highest BCUT2D eigenvalue weighted by Gasteiger charge is 2.25. The van der Waals surface area contributed by atoms with Gasteiger partial charge in [0.15, 0.2) is 0 Å². The molecule has 2 heterocycles. The largest absolute Gasteiger partial charge is 0.461 e. The van der Waals surface area contributed by atoms with E-state index in [1.165, 1.54) is 5.31 Å². The van der Waals surface area contributed by atoms with Gasteiger partial charge < -0.3 is 8.83 Å². The highest BCUT2D eigenvalue weighted by molar-refractivity contribution is 7.76. The summed E-state index contributed by atoms with van der Waals surface area (Å²) in [7, 11) is -0.645. The summed E-state index contributed by atoms with van der Waals surface area (Å²) in [6.07, 6.45) is 7.46. The molecule has 2 nitrogen and oxygen atoms in total. The fourth-order valence-electron chi connectivity index (χ4n) is 2.08. The zero-order valence-corrected chi connectivity index (χ0v) is 11.4. The molecular formula is C15H15O2P. The number of hydrogen-bond acceptors (Lipinski definition) is 2.